The average molecular weight is 432 g/mol. The number of rotatable bonds is 8. The van der Waals surface area contributed by atoms with E-state index in [4.69, 9.17) is 9.40 Å². The second-order valence-electron chi connectivity index (χ2n) is 7.01. The molecule has 2 aromatic heterocycles. The maximum atomic E-state index is 5.58. The van der Waals surface area contributed by atoms with E-state index in [1.807, 2.05) is 36.4 Å². The molecule has 0 saturated heterocycles. The monoisotopic (exact) mass is 431 g/mol. The van der Waals surface area contributed by atoms with Crippen molar-refractivity contribution in [1.82, 2.24) is 20.6 Å². The number of hydrogen-bond donors (Lipinski definition) is 2. The molecule has 0 saturated carbocycles. The van der Waals surface area contributed by atoms with Gasteiger partial charge in [0.05, 0.1) is 29.5 Å². The first-order valence-electron chi connectivity index (χ1n) is 10.2. The molecular weight excluding hydrogens is 406 g/mol. The second kappa shape index (κ2) is 10.5. The maximum absolute atomic E-state index is 5.58. The molecule has 0 aliphatic heterocycles. The van der Waals surface area contributed by atoms with Crippen molar-refractivity contribution in [3.63, 3.8) is 0 Å². The molecule has 0 radical (unpaired) electrons. The topological polar surface area (TPSA) is 75.3 Å². The predicted octanol–water partition coefficient (Wildman–Crippen LogP) is 4.45. The van der Waals surface area contributed by atoms with E-state index in [9.17, 15) is 0 Å². The van der Waals surface area contributed by atoms with E-state index in [-0.39, 0.29) is 0 Å². The Balaban J connectivity index is 1.24. The molecule has 0 amide bonds. The molecule has 2 N–H and O–H groups in total. The summed E-state index contributed by atoms with van der Waals surface area (Å²) in [6.07, 6.45) is 3.63. The highest BCUT2D eigenvalue weighted by Gasteiger charge is 2.08. The molecule has 7 heteroatoms. The molecule has 6 nitrogen and oxygen atoms in total. The van der Waals surface area contributed by atoms with Gasteiger partial charge in [-0.3, -0.25) is 4.99 Å². The van der Waals surface area contributed by atoms with Gasteiger partial charge in [-0.1, -0.05) is 48.5 Å². The molecule has 0 unspecified atom stereocenters. The Kier molecular flexibility index (Phi) is 7.08. The third-order valence-electron chi connectivity index (χ3n) is 4.74. The summed E-state index contributed by atoms with van der Waals surface area (Å²) in [6.45, 7) is 1.14. The van der Waals surface area contributed by atoms with Crippen LogP contribution in [0.4, 0.5) is 0 Å². The summed E-state index contributed by atoms with van der Waals surface area (Å²) < 4.78 is 5.58. The minimum absolute atomic E-state index is 0.523. The molecule has 158 valence electrons. The van der Waals surface area contributed by atoms with E-state index in [2.05, 4.69) is 50.3 Å². The zero-order valence-electron chi connectivity index (χ0n) is 17.4. The molecular formula is C24H25N5OS. The predicted molar refractivity (Wildman–Crippen MR) is 125 cm³/mol. The number of oxazole rings is 1. The molecule has 0 atom stereocenters. The lowest BCUT2D eigenvalue weighted by atomic mass is 10.1. The van der Waals surface area contributed by atoms with E-state index in [1.54, 1.807) is 24.6 Å². The third kappa shape index (κ3) is 6.02. The number of aliphatic imine (C=N–C) groups is 1. The quantitative estimate of drug-likeness (QED) is 0.318. The van der Waals surface area contributed by atoms with Crippen molar-refractivity contribution in [2.45, 2.75) is 25.9 Å². The molecule has 31 heavy (non-hydrogen) atoms. The van der Waals surface area contributed by atoms with Gasteiger partial charge in [-0.2, -0.15) is 0 Å². The van der Waals surface area contributed by atoms with E-state index in [0.717, 1.165) is 34.8 Å². The van der Waals surface area contributed by atoms with Crippen LogP contribution in [0, 0.1) is 0 Å². The van der Waals surface area contributed by atoms with Crippen LogP contribution < -0.4 is 10.6 Å². The van der Waals surface area contributed by atoms with E-state index in [1.165, 1.54) is 5.56 Å². The second-order valence-corrected chi connectivity index (χ2v) is 7.95. The van der Waals surface area contributed by atoms with E-state index in [0.29, 0.717) is 24.9 Å². The Morgan fingerprint density at radius 3 is 2.35 bits per heavy atom. The summed E-state index contributed by atoms with van der Waals surface area (Å²) in [7, 11) is 1.75. The maximum Gasteiger partial charge on any atom is 0.226 e. The van der Waals surface area contributed by atoms with Gasteiger partial charge in [0.15, 0.2) is 5.96 Å². The minimum Gasteiger partial charge on any atom is -0.444 e. The summed E-state index contributed by atoms with van der Waals surface area (Å²) in [4.78, 5) is 13.5. The van der Waals surface area contributed by atoms with Gasteiger partial charge >= 0.3 is 0 Å². The fourth-order valence-electron chi connectivity index (χ4n) is 3.11. The number of thiazole rings is 1. The molecule has 4 aromatic rings. The third-order valence-corrected chi connectivity index (χ3v) is 5.70. The number of aryl methyl sites for hydroxylation is 2. The highest BCUT2D eigenvalue weighted by molar-refractivity contribution is 7.09. The number of nitrogens with one attached hydrogen (secondary N) is 2. The van der Waals surface area contributed by atoms with Crippen LogP contribution in [-0.4, -0.2) is 23.0 Å². The Bertz CT molecular complexity index is 1110. The van der Waals surface area contributed by atoms with Gasteiger partial charge in [0.25, 0.3) is 0 Å². The summed E-state index contributed by atoms with van der Waals surface area (Å²) in [5, 5.41) is 9.83. The van der Waals surface area contributed by atoms with Gasteiger partial charge in [0.2, 0.25) is 5.89 Å². The lowest BCUT2D eigenvalue weighted by Gasteiger charge is -2.09. The van der Waals surface area contributed by atoms with Crippen LogP contribution >= 0.6 is 11.3 Å². The van der Waals surface area contributed by atoms with Gasteiger partial charge in [-0.15, -0.1) is 11.3 Å². The van der Waals surface area contributed by atoms with Crippen molar-refractivity contribution >= 4 is 17.3 Å². The number of aromatic nitrogens is 2. The highest BCUT2D eigenvalue weighted by atomic mass is 32.1. The van der Waals surface area contributed by atoms with Crippen molar-refractivity contribution in [3.8, 4) is 11.5 Å². The zero-order valence-corrected chi connectivity index (χ0v) is 18.2. The Morgan fingerprint density at radius 1 is 0.903 bits per heavy atom. The van der Waals surface area contributed by atoms with Gasteiger partial charge in [0.1, 0.15) is 6.26 Å². The number of hydrogen-bond acceptors (Lipinski definition) is 5. The Hall–Kier alpha value is -3.45. The summed E-state index contributed by atoms with van der Waals surface area (Å²) >= 11 is 1.71. The van der Waals surface area contributed by atoms with Gasteiger partial charge in [-0.05, 0) is 24.1 Å². The lowest BCUT2D eigenvalue weighted by molar-refractivity contribution is 0.572. The Morgan fingerprint density at radius 2 is 1.61 bits per heavy atom. The lowest BCUT2D eigenvalue weighted by Crippen LogP contribution is -2.36. The molecule has 0 aliphatic carbocycles. The van der Waals surface area contributed by atoms with Crippen molar-refractivity contribution < 1.29 is 4.42 Å². The molecule has 2 heterocycles. The minimum atomic E-state index is 0.523. The largest absolute Gasteiger partial charge is 0.444 e. The van der Waals surface area contributed by atoms with Gasteiger partial charge in [-0.25, -0.2) is 9.97 Å². The first-order valence-corrected chi connectivity index (χ1v) is 11.1. The smallest absolute Gasteiger partial charge is 0.226 e. The van der Waals surface area contributed by atoms with Gasteiger partial charge in [0, 0.05) is 24.4 Å². The molecule has 0 bridgehead atoms. The standard InChI is InChI=1S/C24H25N5OS/c1-25-24(26-14-20-16-30-23(29-20)19-10-6-3-7-11-19)27-15-21-17-31-22(28-21)13-12-18-8-4-2-5-9-18/h2-11,16-17H,12-15H2,1H3,(H2,25,26,27). The van der Waals surface area contributed by atoms with Crippen molar-refractivity contribution in [2.24, 2.45) is 4.99 Å². The highest BCUT2D eigenvalue weighted by Crippen LogP contribution is 2.17. The average Bonchev–Trinajstić information content (AvgIpc) is 3.49. The molecule has 4 rings (SSSR count). The van der Waals surface area contributed by atoms with Crippen molar-refractivity contribution in [3.05, 3.63) is 94.3 Å². The van der Waals surface area contributed by atoms with Crippen LogP contribution in [0.1, 0.15) is 22.0 Å². The van der Waals surface area contributed by atoms with Crippen LogP contribution in [0.3, 0.4) is 0 Å². The molecule has 0 aliphatic rings. The fraction of sp³-hybridized carbons (Fsp3) is 0.208. The summed E-state index contributed by atoms with van der Waals surface area (Å²) in [5.74, 6) is 1.31. The molecule has 2 aromatic carbocycles. The first kappa shape index (κ1) is 20.8. The van der Waals surface area contributed by atoms with Crippen molar-refractivity contribution in [2.75, 3.05) is 7.05 Å². The first-order chi connectivity index (χ1) is 15.3. The van der Waals surface area contributed by atoms with Crippen LogP contribution in [0.2, 0.25) is 0 Å². The van der Waals surface area contributed by atoms with Crippen molar-refractivity contribution in [1.29, 1.82) is 0 Å². The number of benzene rings is 2. The van der Waals surface area contributed by atoms with E-state index >= 15 is 0 Å². The molecule has 0 spiro atoms. The normalized spacial score (nSPS) is 11.5. The van der Waals surface area contributed by atoms with Crippen LogP contribution in [0.15, 0.2) is 81.7 Å². The zero-order chi connectivity index (χ0) is 21.3. The summed E-state index contributed by atoms with van der Waals surface area (Å²) in [6, 6.07) is 20.4. The van der Waals surface area contributed by atoms with Gasteiger partial charge < -0.3 is 15.1 Å². The fourth-order valence-corrected chi connectivity index (χ4v) is 3.91. The molecule has 0 fully saturated rings. The van der Waals surface area contributed by atoms with Crippen LogP contribution in [0.5, 0.6) is 0 Å². The summed E-state index contributed by atoms with van der Waals surface area (Å²) in [5.41, 5.74) is 4.13. The van der Waals surface area contributed by atoms with Crippen LogP contribution in [-0.2, 0) is 25.9 Å². The van der Waals surface area contributed by atoms with Crippen LogP contribution in [0.25, 0.3) is 11.5 Å². The number of guanidine groups is 1. The Labute approximate surface area is 186 Å². The van der Waals surface area contributed by atoms with E-state index < -0.39 is 0 Å². The SMILES string of the molecule is CN=C(NCc1coc(-c2ccccc2)n1)NCc1csc(CCc2ccccc2)n1. The number of nitrogens with zero attached hydrogens (tertiary/aromatic N) is 3.